The largest absolute Gasteiger partial charge is 0.309 e. The van der Waals surface area contributed by atoms with Gasteiger partial charge in [-0.15, -0.1) is 0 Å². The number of benzene rings is 10. The fourth-order valence-electron chi connectivity index (χ4n) is 10.6. The molecule has 2 aliphatic carbocycles. The first-order valence-electron chi connectivity index (χ1n) is 21.8. The number of fused-ring (bicyclic) bond motifs is 10. The van der Waals surface area contributed by atoms with Crippen LogP contribution in [0.25, 0.3) is 44.5 Å². The summed E-state index contributed by atoms with van der Waals surface area (Å²) in [6.07, 6.45) is 0. The first-order valence-corrected chi connectivity index (χ1v) is 21.8. The monoisotopic (exact) mass is 802 g/mol. The van der Waals surface area contributed by atoms with Gasteiger partial charge in [0.2, 0.25) is 0 Å². The number of hydrogen-bond acceptors (Lipinski definition) is 2. The van der Waals surface area contributed by atoms with Crippen molar-refractivity contribution in [2.45, 2.75) is 5.41 Å². The molecule has 0 heterocycles. The van der Waals surface area contributed by atoms with E-state index in [-0.39, 0.29) is 0 Å². The van der Waals surface area contributed by atoms with Crippen LogP contribution in [0.2, 0.25) is 0 Å². The SMILES string of the molecule is c1ccc(-c2ccccc2N(c2ccccc2)c2cccc3c2-c2ccccc2C32c3ccccc3-c3c(N(c4ccccc4)c4ccccc4-c4ccccc4)cccc32)cc1. The van der Waals surface area contributed by atoms with Gasteiger partial charge in [-0.05, 0) is 93.0 Å². The quantitative estimate of drug-likeness (QED) is 0.151. The zero-order valence-electron chi connectivity index (χ0n) is 34.6. The van der Waals surface area contributed by atoms with Gasteiger partial charge in [0.15, 0.2) is 0 Å². The summed E-state index contributed by atoms with van der Waals surface area (Å²) in [6.45, 7) is 0. The smallest absolute Gasteiger partial charge is 0.0727 e. The molecule has 0 fully saturated rings. The molecule has 2 nitrogen and oxygen atoms in total. The molecule has 12 rings (SSSR count). The molecule has 0 aromatic heterocycles. The molecule has 10 aromatic rings. The predicted molar refractivity (Wildman–Crippen MR) is 263 cm³/mol. The molecule has 0 radical (unpaired) electrons. The number of hydrogen-bond donors (Lipinski definition) is 0. The first kappa shape index (κ1) is 36.6. The second kappa shape index (κ2) is 15.1. The predicted octanol–water partition coefficient (Wildman–Crippen LogP) is 16.3. The maximum absolute atomic E-state index is 2.48. The molecule has 2 heteroatoms. The molecule has 0 atom stereocenters. The van der Waals surface area contributed by atoms with Crippen molar-refractivity contribution in [3.8, 4) is 44.5 Å². The van der Waals surface area contributed by atoms with Crippen LogP contribution in [0.3, 0.4) is 0 Å². The number of para-hydroxylation sites is 4. The maximum atomic E-state index is 2.48. The van der Waals surface area contributed by atoms with Crippen molar-refractivity contribution in [3.63, 3.8) is 0 Å². The van der Waals surface area contributed by atoms with Crippen LogP contribution >= 0.6 is 0 Å². The minimum absolute atomic E-state index is 0.577. The van der Waals surface area contributed by atoms with Crippen molar-refractivity contribution < 1.29 is 0 Å². The molecule has 296 valence electrons. The normalized spacial score (nSPS) is 12.6. The average Bonchev–Trinajstić information content (AvgIpc) is 3.84. The Bertz CT molecular complexity index is 3060. The van der Waals surface area contributed by atoms with E-state index in [1.54, 1.807) is 0 Å². The van der Waals surface area contributed by atoms with Gasteiger partial charge in [0.1, 0.15) is 0 Å². The van der Waals surface area contributed by atoms with Crippen molar-refractivity contribution in [3.05, 3.63) is 277 Å². The van der Waals surface area contributed by atoms with E-state index in [1.807, 2.05) is 0 Å². The van der Waals surface area contributed by atoms with E-state index in [4.69, 9.17) is 0 Å². The maximum Gasteiger partial charge on any atom is 0.0727 e. The third-order valence-electron chi connectivity index (χ3n) is 13.1. The van der Waals surface area contributed by atoms with Crippen LogP contribution in [0.1, 0.15) is 22.3 Å². The summed E-state index contributed by atoms with van der Waals surface area (Å²) in [5.74, 6) is 0. The molecule has 0 N–H and O–H groups in total. The van der Waals surface area contributed by atoms with E-state index in [0.29, 0.717) is 0 Å². The number of anilines is 6. The lowest BCUT2D eigenvalue weighted by Crippen LogP contribution is -2.26. The van der Waals surface area contributed by atoms with E-state index in [1.165, 1.54) is 66.8 Å². The molecule has 0 unspecified atom stereocenters. The molecule has 0 amide bonds. The van der Waals surface area contributed by atoms with Gasteiger partial charge in [0.25, 0.3) is 0 Å². The average molecular weight is 803 g/mol. The van der Waals surface area contributed by atoms with E-state index in [9.17, 15) is 0 Å². The second-order valence-electron chi connectivity index (χ2n) is 16.3. The Hall–Kier alpha value is -8.20. The molecular formula is C61H42N2. The Balaban J connectivity index is 1.15. The van der Waals surface area contributed by atoms with Crippen molar-refractivity contribution in [2.75, 3.05) is 9.80 Å². The molecule has 63 heavy (non-hydrogen) atoms. The second-order valence-corrected chi connectivity index (χ2v) is 16.3. The van der Waals surface area contributed by atoms with E-state index in [2.05, 4.69) is 265 Å². The highest BCUT2D eigenvalue weighted by Crippen LogP contribution is 2.66. The number of nitrogens with zero attached hydrogens (tertiary/aromatic N) is 2. The Morgan fingerprint density at radius 3 is 0.937 bits per heavy atom. The standard InChI is InChI=1S/C61H42N2/c1-5-23-43(24-6-1)47-31-15-19-39-55(47)62(45-27-9-3-10-28-45)57-41-21-37-53-59(57)49-33-13-17-35-51(49)61(53)52-36-18-14-34-50(52)60-54(61)38-22-42-58(60)63(46-29-11-4-12-30-46)56-40-20-16-32-48(56)44-25-7-2-8-26-44/h1-42H. The van der Waals surface area contributed by atoms with Gasteiger partial charge in [-0.1, -0.05) is 206 Å². The van der Waals surface area contributed by atoms with Gasteiger partial charge < -0.3 is 9.80 Å². The summed E-state index contributed by atoms with van der Waals surface area (Å²) >= 11 is 0. The van der Waals surface area contributed by atoms with Gasteiger partial charge in [-0.25, -0.2) is 0 Å². The molecule has 1 spiro atoms. The first-order chi connectivity index (χ1) is 31.3. The zero-order chi connectivity index (χ0) is 41.7. The van der Waals surface area contributed by atoms with Gasteiger partial charge in [0, 0.05) is 33.6 Å². The Morgan fingerprint density at radius 1 is 0.222 bits per heavy atom. The van der Waals surface area contributed by atoms with Crippen molar-refractivity contribution in [1.82, 2.24) is 0 Å². The number of rotatable bonds is 8. The van der Waals surface area contributed by atoms with Gasteiger partial charge in [-0.3, -0.25) is 0 Å². The minimum Gasteiger partial charge on any atom is -0.309 e. The molecule has 10 aromatic carbocycles. The highest BCUT2D eigenvalue weighted by molar-refractivity contribution is 6.05. The van der Waals surface area contributed by atoms with Crippen molar-refractivity contribution in [1.29, 1.82) is 0 Å². The van der Waals surface area contributed by atoms with Crippen LogP contribution in [0.15, 0.2) is 255 Å². The summed E-state index contributed by atoms with van der Waals surface area (Å²) in [5, 5.41) is 0. The molecule has 0 aliphatic heterocycles. The molecule has 0 saturated heterocycles. The summed E-state index contributed by atoms with van der Waals surface area (Å²) < 4.78 is 0. The van der Waals surface area contributed by atoms with Crippen LogP contribution in [0.4, 0.5) is 34.1 Å². The fraction of sp³-hybridized carbons (Fsp3) is 0.0164. The summed E-state index contributed by atoms with van der Waals surface area (Å²) in [7, 11) is 0. The van der Waals surface area contributed by atoms with Gasteiger partial charge in [0.05, 0.1) is 28.2 Å². The van der Waals surface area contributed by atoms with Crippen LogP contribution in [0.5, 0.6) is 0 Å². The van der Waals surface area contributed by atoms with Crippen molar-refractivity contribution >= 4 is 34.1 Å². The van der Waals surface area contributed by atoms with Crippen LogP contribution in [-0.4, -0.2) is 0 Å². The summed E-state index contributed by atoms with van der Waals surface area (Å²) in [5.41, 5.74) is 21.1. The van der Waals surface area contributed by atoms with Crippen LogP contribution in [-0.2, 0) is 5.41 Å². The Morgan fingerprint density at radius 2 is 0.524 bits per heavy atom. The van der Waals surface area contributed by atoms with E-state index < -0.39 is 5.41 Å². The van der Waals surface area contributed by atoms with Crippen LogP contribution in [0, 0.1) is 0 Å². The van der Waals surface area contributed by atoms with Gasteiger partial charge in [-0.2, -0.15) is 0 Å². The van der Waals surface area contributed by atoms with Gasteiger partial charge >= 0.3 is 0 Å². The topological polar surface area (TPSA) is 6.48 Å². The molecule has 2 aliphatic rings. The molecule has 0 saturated carbocycles. The Labute approximate surface area is 369 Å². The summed E-state index contributed by atoms with van der Waals surface area (Å²) in [4.78, 5) is 4.96. The van der Waals surface area contributed by atoms with Crippen LogP contribution < -0.4 is 9.80 Å². The lowest BCUT2D eigenvalue weighted by molar-refractivity contribution is 0.793. The third-order valence-corrected chi connectivity index (χ3v) is 13.1. The lowest BCUT2D eigenvalue weighted by Gasteiger charge is -2.33. The zero-order valence-corrected chi connectivity index (χ0v) is 34.6. The molecule has 0 bridgehead atoms. The Kier molecular flexibility index (Phi) is 8.76. The minimum atomic E-state index is -0.577. The van der Waals surface area contributed by atoms with Crippen molar-refractivity contribution in [2.24, 2.45) is 0 Å². The fourth-order valence-corrected chi connectivity index (χ4v) is 10.6. The lowest BCUT2D eigenvalue weighted by atomic mass is 9.70. The van der Waals surface area contributed by atoms with E-state index in [0.717, 1.165) is 34.1 Å². The molecular weight excluding hydrogens is 761 g/mol. The third kappa shape index (κ3) is 5.65. The summed E-state index contributed by atoms with van der Waals surface area (Å²) in [6, 6.07) is 93.2. The highest BCUT2D eigenvalue weighted by atomic mass is 15.2. The van der Waals surface area contributed by atoms with E-state index >= 15 is 0 Å². The highest BCUT2D eigenvalue weighted by Gasteiger charge is 2.53.